The number of rotatable bonds is 9. The van der Waals surface area contributed by atoms with E-state index in [0.717, 1.165) is 31.2 Å². The molecule has 1 aliphatic heterocycles. The van der Waals surface area contributed by atoms with Crippen molar-refractivity contribution in [2.24, 2.45) is 5.92 Å². The Labute approximate surface area is 156 Å². The highest BCUT2D eigenvalue weighted by Crippen LogP contribution is 2.23. The van der Waals surface area contributed by atoms with E-state index in [1.165, 1.54) is 0 Å². The largest absolute Gasteiger partial charge is 0.461 e. The van der Waals surface area contributed by atoms with Crippen LogP contribution in [0.5, 0.6) is 0 Å². The Hall–Kier alpha value is -1.88. The Morgan fingerprint density at radius 3 is 2.42 bits per heavy atom. The molecule has 5 heteroatoms. The van der Waals surface area contributed by atoms with Crippen molar-refractivity contribution >= 4 is 11.9 Å². The number of nitrogens with zero attached hydrogens (tertiary/aromatic N) is 1. The summed E-state index contributed by atoms with van der Waals surface area (Å²) >= 11 is 0. The van der Waals surface area contributed by atoms with Crippen molar-refractivity contribution in [2.45, 2.75) is 64.7 Å². The lowest BCUT2D eigenvalue weighted by molar-refractivity contribution is -0.155. The monoisotopic (exact) mass is 361 g/mol. The summed E-state index contributed by atoms with van der Waals surface area (Å²) in [5.74, 6) is -0.404. The van der Waals surface area contributed by atoms with Crippen molar-refractivity contribution in [3.63, 3.8) is 0 Å². The van der Waals surface area contributed by atoms with Crippen LogP contribution in [0.15, 0.2) is 30.3 Å². The van der Waals surface area contributed by atoms with Crippen molar-refractivity contribution in [1.29, 1.82) is 0 Å². The zero-order chi connectivity index (χ0) is 18.9. The van der Waals surface area contributed by atoms with Crippen LogP contribution in [0, 0.1) is 5.92 Å². The Bertz CT molecular complexity index is 569. The molecule has 0 aromatic heterocycles. The van der Waals surface area contributed by atoms with Crippen LogP contribution >= 0.6 is 0 Å². The molecular formula is C21H31NO4. The molecule has 0 bridgehead atoms. The molecule has 1 saturated heterocycles. The lowest BCUT2D eigenvalue weighted by atomic mass is 9.98. The number of esters is 2. The molecule has 1 heterocycles. The minimum Gasteiger partial charge on any atom is -0.461 e. The molecule has 144 valence electrons. The summed E-state index contributed by atoms with van der Waals surface area (Å²) < 4.78 is 11.1. The second kappa shape index (κ2) is 10.3. The first kappa shape index (κ1) is 20.4. The molecule has 0 N–H and O–H groups in total. The van der Waals surface area contributed by atoms with Gasteiger partial charge in [-0.2, -0.15) is 0 Å². The van der Waals surface area contributed by atoms with Gasteiger partial charge in [-0.1, -0.05) is 57.0 Å². The average molecular weight is 361 g/mol. The van der Waals surface area contributed by atoms with E-state index < -0.39 is 0 Å². The lowest BCUT2D eigenvalue weighted by Crippen LogP contribution is -2.34. The highest BCUT2D eigenvalue weighted by Gasteiger charge is 2.38. The third kappa shape index (κ3) is 5.84. The van der Waals surface area contributed by atoms with E-state index in [2.05, 4.69) is 13.8 Å². The molecule has 5 nitrogen and oxygen atoms in total. The quantitative estimate of drug-likeness (QED) is 0.630. The van der Waals surface area contributed by atoms with Crippen molar-refractivity contribution in [1.82, 2.24) is 4.90 Å². The van der Waals surface area contributed by atoms with Crippen molar-refractivity contribution in [3.8, 4) is 0 Å². The Morgan fingerprint density at radius 1 is 1.15 bits per heavy atom. The summed E-state index contributed by atoms with van der Waals surface area (Å²) in [4.78, 5) is 26.7. The Morgan fingerprint density at radius 2 is 1.81 bits per heavy atom. The minimum atomic E-state index is -0.354. The van der Waals surface area contributed by atoms with Crippen LogP contribution in [0.25, 0.3) is 0 Å². The van der Waals surface area contributed by atoms with Gasteiger partial charge >= 0.3 is 11.9 Å². The van der Waals surface area contributed by atoms with Crippen LogP contribution in [0.1, 0.15) is 51.5 Å². The van der Waals surface area contributed by atoms with Crippen molar-refractivity contribution < 1.29 is 19.1 Å². The highest BCUT2D eigenvalue weighted by atomic mass is 16.5. The Kier molecular flexibility index (Phi) is 8.10. The van der Waals surface area contributed by atoms with E-state index in [1.54, 1.807) is 0 Å². The number of hydrogen-bond acceptors (Lipinski definition) is 5. The van der Waals surface area contributed by atoms with E-state index >= 15 is 0 Å². The predicted molar refractivity (Wildman–Crippen MR) is 100 cm³/mol. The molecule has 0 aliphatic carbocycles. The standard InChI is InChI=1S/C21H31NO4/c1-4-9-17(10-5-2)20(23)26-18-13-19(22(3)14-18)21(24)25-15-16-11-7-6-8-12-16/h6-8,11-12,17-19H,4-5,9-10,13-15H2,1-3H3/t18-,19+/m1/s1. The minimum absolute atomic E-state index is 0.0283. The lowest BCUT2D eigenvalue weighted by Gasteiger charge is -2.18. The summed E-state index contributed by atoms with van der Waals surface area (Å²) in [5, 5.41) is 0. The fourth-order valence-corrected chi connectivity index (χ4v) is 3.48. The molecule has 0 spiro atoms. The molecule has 0 saturated carbocycles. The number of benzene rings is 1. The number of ether oxygens (including phenoxy) is 2. The number of carbonyl (C=O) groups excluding carboxylic acids is 2. The van der Waals surface area contributed by atoms with Crippen molar-refractivity contribution in [2.75, 3.05) is 13.6 Å². The van der Waals surface area contributed by atoms with Gasteiger partial charge < -0.3 is 9.47 Å². The second-order valence-corrected chi connectivity index (χ2v) is 7.12. The summed E-state index contributed by atoms with van der Waals surface area (Å²) in [5.41, 5.74) is 0.964. The van der Waals surface area contributed by atoms with E-state index in [1.807, 2.05) is 42.3 Å². The topological polar surface area (TPSA) is 55.8 Å². The summed E-state index contributed by atoms with van der Waals surface area (Å²) in [6.07, 6.45) is 3.92. The number of likely N-dealkylation sites (N-methyl/N-ethyl adjacent to an activating group) is 1. The van der Waals surface area contributed by atoms with Crippen LogP contribution in [-0.2, 0) is 25.7 Å². The molecule has 1 aromatic carbocycles. The van der Waals surface area contributed by atoms with E-state index in [-0.39, 0.29) is 36.6 Å². The third-order valence-corrected chi connectivity index (χ3v) is 4.90. The van der Waals surface area contributed by atoms with Gasteiger partial charge in [0.05, 0.1) is 5.92 Å². The molecule has 1 aromatic rings. The van der Waals surface area contributed by atoms with Gasteiger partial charge in [0.1, 0.15) is 18.8 Å². The fraction of sp³-hybridized carbons (Fsp3) is 0.619. The molecule has 0 radical (unpaired) electrons. The number of likely N-dealkylation sites (tertiary alicyclic amines) is 1. The van der Waals surface area contributed by atoms with Crippen molar-refractivity contribution in [3.05, 3.63) is 35.9 Å². The third-order valence-electron chi connectivity index (χ3n) is 4.90. The number of hydrogen-bond donors (Lipinski definition) is 0. The predicted octanol–water partition coefficient (Wildman–Crippen LogP) is 3.56. The molecule has 0 unspecified atom stereocenters. The van der Waals surface area contributed by atoms with Gasteiger partial charge in [-0.15, -0.1) is 0 Å². The van der Waals surface area contributed by atoms with Gasteiger partial charge in [0.2, 0.25) is 0 Å². The van der Waals surface area contributed by atoms with E-state index in [9.17, 15) is 9.59 Å². The molecule has 1 fully saturated rings. The number of carbonyl (C=O) groups is 2. The van der Waals surface area contributed by atoms with Gasteiger partial charge in [-0.05, 0) is 25.5 Å². The first-order chi connectivity index (χ1) is 12.5. The van der Waals surface area contributed by atoms with Gasteiger partial charge in [0, 0.05) is 13.0 Å². The normalized spacial score (nSPS) is 20.3. The maximum atomic E-state index is 12.4. The molecule has 1 aliphatic rings. The van der Waals surface area contributed by atoms with Crippen LogP contribution < -0.4 is 0 Å². The highest BCUT2D eigenvalue weighted by molar-refractivity contribution is 5.77. The summed E-state index contributed by atoms with van der Waals surface area (Å²) in [7, 11) is 1.87. The van der Waals surface area contributed by atoms with Gasteiger partial charge in [0.15, 0.2) is 0 Å². The maximum Gasteiger partial charge on any atom is 0.323 e. The van der Waals surface area contributed by atoms with Crippen LogP contribution in [0.4, 0.5) is 0 Å². The first-order valence-corrected chi connectivity index (χ1v) is 9.66. The van der Waals surface area contributed by atoms with Crippen LogP contribution in [0.2, 0.25) is 0 Å². The summed E-state index contributed by atoms with van der Waals surface area (Å²) in [6, 6.07) is 9.27. The van der Waals surface area contributed by atoms with E-state index in [0.29, 0.717) is 13.0 Å². The second-order valence-electron chi connectivity index (χ2n) is 7.12. The zero-order valence-corrected chi connectivity index (χ0v) is 16.1. The first-order valence-electron chi connectivity index (χ1n) is 9.66. The fourth-order valence-electron chi connectivity index (χ4n) is 3.48. The smallest absolute Gasteiger partial charge is 0.323 e. The van der Waals surface area contributed by atoms with Crippen LogP contribution in [0.3, 0.4) is 0 Å². The molecule has 2 rings (SSSR count). The summed E-state index contributed by atoms with van der Waals surface area (Å²) in [6.45, 7) is 5.00. The maximum absolute atomic E-state index is 12.4. The Balaban J connectivity index is 1.83. The SMILES string of the molecule is CCCC(CCC)C(=O)O[C@@H]1C[C@@H](C(=O)OCc2ccccc2)N(C)C1. The van der Waals surface area contributed by atoms with Gasteiger partial charge in [-0.25, -0.2) is 0 Å². The molecule has 26 heavy (non-hydrogen) atoms. The molecule has 0 amide bonds. The van der Waals surface area contributed by atoms with Crippen LogP contribution in [-0.4, -0.2) is 42.6 Å². The van der Waals surface area contributed by atoms with E-state index in [4.69, 9.17) is 9.47 Å². The molecule has 2 atom stereocenters. The van der Waals surface area contributed by atoms with Gasteiger partial charge in [0.25, 0.3) is 0 Å². The van der Waals surface area contributed by atoms with Gasteiger partial charge in [-0.3, -0.25) is 14.5 Å². The average Bonchev–Trinajstić information content (AvgIpc) is 3.00. The zero-order valence-electron chi connectivity index (χ0n) is 16.1. The molecular weight excluding hydrogens is 330 g/mol.